The molecule has 0 saturated carbocycles. The largest absolute Gasteiger partial charge is 0.472 e. The molecule has 0 radical (unpaired) electrons. The third-order valence-corrected chi connectivity index (χ3v) is 9.71. The first-order valence-corrected chi connectivity index (χ1v) is 16.7. The topological polar surface area (TPSA) is 321 Å². The van der Waals surface area contributed by atoms with Crippen LogP contribution in [0.3, 0.4) is 0 Å². The van der Waals surface area contributed by atoms with Gasteiger partial charge < -0.3 is 40.9 Å². The summed E-state index contributed by atoms with van der Waals surface area (Å²) in [7, 11) is -10.3. The summed E-state index contributed by atoms with van der Waals surface area (Å²) >= 11 is 0. The molecule has 10 atom stereocenters. The number of nitrogens with two attached hydrogens (primary N) is 2. The van der Waals surface area contributed by atoms with Crippen LogP contribution in [0, 0.1) is 0 Å². The maximum absolute atomic E-state index is 13.3. The van der Waals surface area contributed by atoms with Gasteiger partial charge in [-0.3, -0.25) is 41.8 Å². The molecular formula is C23H26N8O14P2. The van der Waals surface area contributed by atoms with Crippen molar-refractivity contribution < 1.29 is 56.7 Å². The van der Waals surface area contributed by atoms with E-state index in [1.165, 1.54) is 18.2 Å². The zero-order chi connectivity index (χ0) is 33.4. The summed E-state index contributed by atoms with van der Waals surface area (Å²) in [5, 5.41) is 22.2. The lowest BCUT2D eigenvalue weighted by Gasteiger charge is -2.25. The molecule has 2 bridgehead atoms. The number of aliphatic hydroxyl groups excluding tert-OH is 2. The maximum Gasteiger partial charge on any atom is 0.472 e. The molecule has 0 spiro atoms. The predicted octanol–water partition coefficient (Wildman–Crippen LogP) is -1.77. The normalized spacial score (nSPS) is 36.5. The third kappa shape index (κ3) is 5.77. The number of benzene rings is 1. The number of hydrogen-bond acceptors (Lipinski definition) is 17. The number of anilines is 2. The zero-order valence-corrected chi connectivity index (χ0v) is 25.4. The van der Waals surface area contributed by atoms with Crippen molar-refractivity contribution in [2.24, 2.45) is 0 Å². The number of nitrogens with one attached hydrogen (secondary N) is 1. The summed E-state index contributed by atoms with van der Waals surface area (Å²) in [6.07, 6.45) is -11.2. The molecule has 3 aliphatic rings. The van der Waals surface area contributed by atoms with Gasteiger partial charge in [0, 0.05) is 5.69 Å². The van der Waals surface area contributed by atoms with E-state index < -0.39 is 89.1 Å². The summed E-state index contributed by atoms with van der Waals surface area (Å²) in [5.74, 6) is -0.297. The second-order valence-electron chi connectivity index (χ2n) is 10.8. The van der Waals surface area contributed by atoms with Crippen LogP contribution in [0.1, 0.15) is 12.5 Å². The fourth-order valence-electron chi connectivity index (χ4n) is 5.57. The van der Waals surface area contributed by atoms with Crippen LogP contribution >= 0.6 is 15.6 Å². The van der Waals surface area contributed by atoms with E-state index >= 15 is 0 Å². The number of rotatable bonds is 2. The Hall–Kier alpha value is -3.63. The van der Waals surface area contributed by atoms with Crippen LogP contribution in [0.2, 0.25) is 0 Å². The second-order valence-corrected chi connectivity index (χ2v) is 13.6. The summed E-state index contributed by atoms with van der Waals surface area (Å²) in [6, 6.07) is 4.40. The minimum Gasteiger partial charge on any atom is -0.399 e. The van der Waals surface area contributed by atoms with E-state index in [4.69, 9.17) is 39.0 Å². The lowest BCUT2D eigenvalue weighted by atomic mass is 10.1. The van der Waals surface area contributed by atoms with Gasteiger partial charge in [-0.05, 0) is 18.2 Å². The highest BCUT2D eigenvalue weighted by Gasteiger charge is 2.54. The molecule has 24 heteroatoms. The average Bonchev–Trinajstić information content (AvgIpc) is 3.65. The van der Waals surface area contributed by atoms with Crippen molar-refractivity contribution in [3.05, 3.63) is 51.6 Å². The van der Waals surface area contributed by atoms with Crippen LogP contribution in [-0.2, 0) is 36.7 Å². The van der Waals surface area contributed by atoms with Crippen molar-refractivity contribution in [3.8, 4) is 0 Å². The van der Waals surface area contributed by atoms with Gasteiger partial charge in [0.05, 0.1) is 30.4 Å². The molecule has 7 rings (SSSR count). The molecule has 9 N–H and O–H groups in total. The van der Waals surface area contributed by atoms with Crippen LogP contribution in [0.4, 0.5) is 11.6 Å². The molecule has 0 amide bonds. The molecule has 252 valence electrons. The SMILES string of the molecule is Nc1ccc2ncn([C@@H]3O[C@@H]4COP(=O)(O)O[C@@H]5[C@H](O)[C@@H](COP(=O)(O)O[C@H]4[C@H]3O)O[C@H]5n3cnc4c(=O)[nH]c(N)nc43)c(=O)c2c1. The standard InChI is InChI=1S/C23H26N8O14P2/c24-8-1-2-10-9(3-8)20(35)31(6-26-10)21-15(33)16-12(43-21)5-41-47(38,39)45-17-14(32)11(4-40-46(36,37)44-16)42-22(17)30-7-27-13-18(30)28-23(25)29-19(13)34/h1-3,6-7,11-12,14-17,21-22,32-33H,4-5,24H2,(H,36,37)(H,38,39)(H3,25,28,29,34)/t11-,12-,14-,15-,16-,17-,21-,22-/m1/s1. The van der Waals surface area contributed by atoms with Crippen molar-refractivity contribution in [1.29, 1.82) is 0 Å². The van der Waals surface area contributed by atoms with Gasteiger partial charge in [0.15, 0.2) is 23.6 Å². The van der Waals surface area contributed by atoms with E-state index in [0.717, 1.165) is 21.8 Å². The number of nitrogen functional groups attached to an aromatic ring is 2. The van der Waals surface area contributed by atoms with E-state index in [1.54, 1.807) is 0 Å². The molecule has 2 unspecified atom stereocenters. The quantitative estimate of drug-likeness (QED) is 0.0898. The van der Waals surface area contributed by atoms with Gasteiger partial charge in [0.25, 0.3) is 11.1 Å². The van der Waals surface area contributed by atoms with Gasteiger partial charge >= 0.3 is 15.6 Å². The van der Waals surface area contributed by atoms with Crippen molar-refractivity contribution >= 4 is 49.3 Å². The predicted molar refractivity (Wildman–Crippen MR) is 154 cm³/mol. The average molecular weight is 700 g/mol. The number of hydrogen-bond donors (Lipinski definition) is 7. The fourth-order valence-corrected chi connectivity index (χ4v) is 7.47. The second kappa shape index (κ2) is 11.5. The lowest BCUT2D eigenvalue weighted by Crippen LogP contribution is -2.37. The Morgan fingerprint density at radius 3 is 2.28 bits per heavy atom. The van der Waals surface area contributed by atoms with Crippen LogP contribution < -0.4 is 22.6 Å². The molecule has 3 fully saturated rings. The number of H-pyrrole nitrogens is 1. The monoisotopic (exact) mass is 700 g/mol. The molecule has 3 aliphatic heterocycles. The molecule has 1 aromatic carbocycles. The third-order valence-electron chi connectivity index (χ3n) is 7.74. The Bertz CT molecular complexity index is 2090. The number of aromatic amines is 1. The Balaban J connectivity index is 1.21. The highest BCUT2D eigenvalue weighted by Crippen LogP contribution is 2.53. The van der Waals surface area contributed by atoms with Gasteiger partial charge in [-0.25, -0.2) is 19.1 Å². The Kier molecular flexibility index (Phi) is 7.82. The van der Waals surface area contributed by atoms with Crippen molar-refractivity contribution in [1.82, 2.24) is 29.1 Å². The van der Waals surface area contributed by atoms with Crippen molar-refractivity contribution in [3.63, 3.8) is 0 Å². The smallest absolute Gasteiger partial charge is 0.399 e. The van der Waals surface area contributed by atoms with Gasteiger partial charge in [0.1, 0.15) is 43.0 Å². The van der Waals surface area contributed by atoms with Crippen LogP contribution in [0.25, 0.3) is 22.1 Å². The number of phosphoric acid groups is 2. The number of phosphoric ester groups is 2. The van der Waals surface area contributed by atoms with Crippen LogP contribution in [-0.4, -0.2) is 98.9 Å². The molecule has 6 heterocycles. The highest BCUT2D eigenvalue weighted by atomic mass is 31.2. The van der Waals surface area contributed by atoms with Gasteiger partial charge in [-0.1, -0.05) is 0 Å². The minimum absolute atomic E-state index is 0.0729. The summed E-state index contributed by atoms with van der Waals surface area (Å²) in [6.45, 7) is -1.76. The summed E-state index contributed by atoms with van der Waals surface area (Å²) in [4.78, 5) is 61.2. The first-order valence-electron chi connectivity index (χ1n) is 13.7. The molecule has 3 aromatic heterocycles. The molecule has 4 aromatic rings. The molecule has 3 saturated heterocycles. The zero-order valence-electron chi connectivity index (χ0n) is 23.6. The number of imidazole rings is 1. The number of ether oxygens (including phenoxy) is 2. The Morgan fingerprint density at radius 1 is 0.872 bits per heavy atom. The molecule has 22 nitrogen and oxygen atoms in total. The molecule has 0 aliphatic carbocycles. The van der Waals surface area contributed by atoms with Crippen LogP contribution in [0.15, 0.2) is 40.4 Å². The minimum atomic E-state index is -5.17. The number of aromatic nitrogens is 6. The summed E-state index contributed by atoms with van der Waals surface area (Å²) < 4.78 is 60.6. The molecular weight excluding hydrogens is 674 g/mol. The number of fused-ring (bicyclic) bond motifs is 5. The van der Waals surface area contributed by atoms with Gasteiger partial charge in [-0.2, -0.15) is 4.98 Å². The van der Waals surface area contributed by atoms with Crippen molar-refractivity contribution in [2.75, 3.05) is 24.7 Å². The lowest BCUT2D eigenvalue weighted by molar-refractivity contribution is -0.0681. The number of aliphatic hydroxyl groups is 2. The summed E-state index contributed by atoms with van der Waals surface area (Å²) in [5.41, 5.74) is 10.3. The van der Waals surface area contributed by atoms with Crippen molar-refractivity contribution in [2.45, 2.75) is 49.1 Å². The Labute approximate surface area is 260 Å². The first-order chi connectivity index (χ1) is 22.2. The number of nitrogens with zero attached hydrogens (tertiary/aromatic N) is 5. The first kappa shape index (κ1) is 31.9. The fraction of sp³-hybridized carbons (Fsp3) is 0.435. The van der Waals surface area contributed by atoms with Gasteiger partial charge in [-0.15, -0.1) is 0 Å². The Morgan fingerprint density at radius 2 is 1.53 bits per heavy atom. The van der Waals surface area contributed by atoms with E-state index in [2.05, 4.69) is 19.9 Å². The highest BCUT2D eigenvalue weighted by molar-refractivity contribution is 7.47. The van der Waals surface area contributed by atoms with Crippen LogP contribution in [0.5, 0.6) is 0 Å². The van der Waals surface area contributed by atoms with E-state index in [-0.39, 0.29) is 33.7 Å². The maximum atomic E-state index is 13.3. The van der Waals surface area contributed by atoms with E-state index in [0.29, 0.717) is 0 Å². The van der Waals surface area contributed by atoms with E-state index in [1.807, 2.05) is 0 Å². The van der Waals surface area contributed by atoms with Gasteiger partial charge in [0.2, 0.25) is 5.95 Å². The molecule has 47 heavy (non-hydrogen) atoms. The van der Waals surface area contributed by atoms with E-state index in [9.17, 15) is 38.7 Å².